The molecule has 0 aromatic heterocycles. The molecule has 1 amide bonds. The Kier molecular flexibility index (Phi) is 15.3. The van der Waals surface area contributed by atoms with Gasteiger partial charge in [-0.3, -0.25) is 4.79 Å². The zero-order chi connectivity index (χ0) is 32.1. The Morgan fingerprint density at radius 3 is 2.33 bits per heavy atom. The third-order valence-corrected chi connectivity index (χ3v) is 14.0. The van der Waals surface area contributed by atoms with Crippen LogP contribution in [0.15, 0.2) is 12.2 Å². The van der Waals surface area contributed by atoms with Crippen LogP contribution in [0.2, 0.25) is 0 Å². The van der Waals surface area contributed by atoms with E-state index >= 15 is 0 Å². The summed E-state index contributed by atoms with van der Waals surface area (Å²) in [6.45, 7) is 12.6. The van der Waals surface area contributed by atoms with Gasteiger partial charge in [0.2, 0.25) is 5.91 Å². The van der Waals surface area contributed by atoms with Crippen molar-refractivity contribution in [2.24, 2.45) is 52.1 Å². The normalized spacial score (nSPS) is 35.1. The molecule has 45 heavy (non-hydrogen) atoms. The molecule has 0 radical (unpaired) electrons. The first kappa shape index (κ1) is 37.0. The first-order valence-electron chi connectivity index (χ1n) is 20.1. The highest BCUT2D eigenvalue weighted by Crippen LogP contribution is 2.68. The summed E-state index contributed by atoms with van der Waals surface area (Å²) < 4.78 is 6.40. The molecule has 4 aliphatic carbocycles. The molecular weight excluding hydrogens is 552 g/mol. The first-order valence-corrected chi connectivity index (χ1v) is 20.1. The fourth-order valence-corrected chi connectivity index (χ4v) is 11.3. The molecule has 4 rings (SSSR count). The Balaban J connectivity index is 1.16. The molecule has 4 saturated carbocycles. The molecule has 0 aromatic rings. The smallest absolute Gasteiger partial charge is 0.220 e. The van der Waals surface area contributed by atoms with Gasteiger partial charge in [0, 0.05) is 13.0 Å². The number of carbonyl (C=O) groups excluding carboxylic acids is 1. The average molecular weight is 627 g/mol. The number of carbonyl (C=O) groups is 1. The number of rotatable bonds is 20. The molecule has 0 heterocycles. The maximum atomic E-state index is 12.7. The minimum absolute atomic E-state index is 0.283. The van der Waals surface area contributed by atoms with Crippen LogP contribution in [0.25, 0.3) is 0 Å². The number of amides is 1. The summed E-state index contributed by atoms with van der Waals surface area (Å²) >= 11 is 0. The molecule has 0 aromatic carbocycles. The van der Waals surface area contributed by atoms with Gasteiger partial charge in [0.25, 0.3) is 0 Å². The number of hydrogen-bond acceptors (Lipinski definition) is 3. The standard InChI is InChI=1S/C41H74N2O2/c1-5-6-7-14-17-30-45-34-24-26-40(3)33(31-34)19-20-35-37-22-21-36(41(37,4)27-25-38(35)40)32(2)18-23-39(44)43-29-16-13-11-9-8-10-12-15-28-42/h14,17,32-38H,5-13,15-16,18-31,42H2,1-4H3,(H,43,44)/b17-14+/t32-,33-,34+,35+,36-,37+,38+,40+,41-/m1/s1. The van der Waals surface area contributed by atoms with Crippen molar-refractivity contribution >= 4 is 5.91 Å². The molecule has 4 heteroatoms. The second-order valence-corrected chi connectivity index (χ2v) is 16.7. The van der Waals surface area contributed by atoms with E-state index in [0.29, 0.717) is 29.3 Å². The molecule has 0 bridgehead atoms. The number of nitrogens with one attached hydrogen (secondary N) is 1. The lowest BCUT2D eigenvalue weighted by atomic mass is 9.44. The van der Waals surface area contributed by atoms with Crippen molar-refractivity contribution in [3.8, 4) is 0 Å². The van der Waals surface area contributed by atoms with Crippen LogP contribution in [0, 0.1) is 46.3 Å². The minimum Gasteiger partial charge on any atom is -0.374 e. The van der Waals surface area contributed by atoms with Crippen LogP contribution in [0.3, 0.4) is 0 Å². The second-order valence-electron chi connectivity index (χ2n) is 16.7. The zero-order valence-corrected chi connectivity index (χ0v) is 30.3. The predicted octanol–water partition coefficient (Wildman–Crippen LogP) is 10.4. The van der Waals surface area contributed by atoms with E-state index in [2.05, 4.69) is 45.2 Å². The molecule has 0 saturated heterocycles. The summed E-state index contributed by atoms with van der Waals surface area (Å²) in [6, 6.07) is 0. The molecule has 4 aliphatic rings. The van der Waals surface area contributed by atoms with E-state index in [9.17, 15) is 4.79 Å². The van der Waals surface area contributed by atoms with E-state index in [-0.39, 0.29) is 5.91 Å². The van der Waals surface area contributed by atoms with Gasteiger partial charge in [-0.2, -0.15) is 0 Å². The van der Waals surface area contributed by atoms with Crippen molar-refractivity contribution in [2.75, 3.05) is 19.7 Å². The third kappa shape index (κ3) is 9.84. The van der Waals surface area contributed by atoms with E-state index < -0.39 is 0 Å². The van der Waals surface area contributed by atoms with Gasteiger partial charge >= 0.3 is 0 Å². The number of unbranched alkanes of at least 4 members (excludes halogenated alkanes) is 9. The monoisotopic (exact) mass is 627 g/mol. The third-order valence-electron chi connectivity index (χ3n) is 14.0. The van der Waals surface area contributed by atoms with Gasteiger partial charge in [-0.15, -0.1) is 0 Å². The quantitative estimate of drug-likeness (QED) is 0.104. The molecule has 4 fully saturated rings. The van der Waals surface area contributed by atoms with Crippen LogP contribution >= 0.6 is 0 Å². The van der Waals surface area contributed by atoms with Crippen molar-refractivity contribution in [3.63, 3.8) is 0 Å². The first-order chi connectivity index (χ1) is 21.8. The highest BCUT2D eigenvalue weighted by Gasteiger charge is 2.60. The number of nitrogens with two attached hydrogens (primary N) is 1. The van der Waals surface area contributed by atoms with Gasteiger partial charge < -0.3 is 15.8 Å². The molecule has 0 aliphatic heterocycles. The lowest BCUT2D eigenvalue weighted by Crippen LogP contribution is -2.54. The summed E-state index contributed by atoms with van der Waals surface area (Å²) in [5, 5.41) is 3.24. The fourth-order valence-electron chi connectivity index (χ4n) is 11.3. The molecule has 9 atom stereocenters. The summed E-state index contributed by atoms with van der Waals surface area (Å²) in [5.74, 6) is 5.32. The van der Waals surface area contributed by atoms with Gasteiger partial charge in [-0.1, -0.05) is 91.2 Å². The Labute approximate surface area is 279 Å². The van der Waals surface area contributed by atoms with Crippen molar-refractivity contribution in [2.45, 2.75) is 175 Å². The Hall–Kier alpha value is -0.870. The van der Waals surface area contributed by atoms with Crippen LogP contribution < -0.4 is 11.1 Å². The van der Waals surface area contributed by atoms with Crippen LogP contribution in [-0.4, -0.2) is 31.7 Å². The van der Waals surface area contributed by atoms with Crippen molar-refractivity contribution in [1.29, 1.82) is 0 Å². The Morgan fingerprint density at radius 1 is 0.867 bits per heavy atom. The van der Waals surface area contributed by atoms with Crippen molar-refractivity contribution in [3.05, 3.63) is 12.2 Å². The van der Waals surface area contributed by atoms with Crippen LogP contribution in [-0.2, 0) is 9.53 Å². The summed E-state index contributed by atoms with van der Waals surface area (Å²) in [5.41, 5.74) is 6.58. The fraction of sp³-hybridized carbons (Fsp3) is 0.927. The zero-order valence-electron chi connectivity index (χ0n) is 30.3. The highest BCUT2D eigenvalue weighted by atomic mass is 16.5. The number of fused-ring (bicyclic) bond motifs is 5. The van der Waals surface area contributed by atoms with Gasteiger partial charge in [0.15, 0.2) is 0 Å². The van der Waals surface area contributed by atoms with Gasteiger partial charge in [-0.05, 0) is 136 Å². The Morgan fingerprint density at radius 2 is 1.58 bits per heavy atom. The van der Waals surface area contributed by atoms with Crippen LogP contribution in [0.4, 0.5) is 0 Å². The van der Waals surface area contributed by atoms with E-state index in [1.807, 2.05) is 0 Å². The number of ether oxygens (including phenoxy) is 1. The second kappa shape index (κ2) is 18.6. The largest absolute Gasteiger partial charge is 0.374 e. The number of allylic oxidation sites excluding steroid dienone is 1. The SMILES string of the molecule is CCCC/C=C/CO[C@H]1CC[C@@]2(C)[C@H](CC[C@@H]3[C@@H]2CC[C@]2(C)[C@@H]([C@H](C)CCC(=O)NCCCCCCCCCCN)CC[C@@H]32)C1. The predicted molar refractivity (Wildman–Crippen MR) is 191 cm³/mol. The summed E-state index contributed by atoms with van der Waals surface area (Å²) in [4.78, 5) is 12.7. The molecule has 0 spiro atoms. The maximum absolute atomic E-state index is 12.7. The lowest BCUT2D eigenvalue weighted by molar-refractivity contribution is -0.135. The van der Waals surface area contributed by atoms with E-state index in [4.69, 9.17) is 10.5 Å². The van der Waals surface area contributed by atoms with Gasteiger partial charge in [0.1, 0.15) is 0 Å². The topological polar surface area (TPSA) is 64.3 Å². The molecular formula is C41H74N2O2. The van der Waals surface area contributed by atoms with Gasteiger partial charge in [0.05, 0.1) is 12.7 Å². The van der Waals surface area contributed by atoms with Crippen LogP contribution in [0.5, 0.6) is 0 Å². The Bertz CT molecular complexity index is 889. The van der Waals surface area contributed by atoms with Crippen molar-refractivity contribution in [1.82, 2.24) is 5.32 Å². The summed E-state index contributed by atoms with van der Waals surface area (Å²) in [6.07, 6.45) is 33.1. The molecule has 0 unspecified atom stereocenters. The maximum Gasteiger partial charge on any atom is 0.220 e. The summed E-state index contributed by atoms with van der Waals surface area (Å²) in [7, 11) is 0. The van der Waals surface area contributed by atoms with Crippen molar-refractivity contribution < 1.29 is 9.53 Å². The van der Waals surface area contributed by atoms with E-state index in [0.717, 1.165) is 62.1 Å². The lowest BCUT2D eigenvalue weighted by Gasteiger charge is -2.61. The minimum atomic E-state index is 0.283. The van der Waals surface area contributed by atoms with E-state index in [1.54, 1.807) is 0 Å². The van der Waals surface area contributed by atoms with E-state index in [1.165, 1.54) is 122 Å². The highest BCUT2D eigenvalue weighted by molar-refractivity contribution is 5.75. The molecule has 260 valence electrons. The average Bonchev–Trinajstić information content (AvgIpc) is 3.39. The number of hydrogen-bond donors (Lipinski definition) is 2. The van der Waals surface area contributed by atoms with Gasteiger partial charge in [-0.25, -0.2) is 0 Å². The molecule has 3 N–H and O–H groups in total. The molecule has 4 nitrogen and oxygen atoms in total. The van der Waals surface area contributed by atoms with Crippen LogP contribution in [0.1, 0.15) is 169 Å².